The molecule has 2 aromatic rings. The molecule has 0 unspecified atom stereocenters. The maximum atomic E-state index is 13.3. The van der Waals surface area contributed by atoms with Crippen LogP contribution in [0.25, 0.3) is 0 Å². The second-order valence-corrected chi connectivity index (χ2v) is 6.91. The van der Waals surface area contributed by atoms with Crippen molar-refractivity contribution in [3.05, 3.63) is 54.3 Å². The highest BCUT2D eigenvalue weighted by atomic mass is 32.2. The molecular formula is C19H18FN3O3S. The number of ether oxygens (including phenoxy) is 1. The number of thioether (sulfide) groups is 1. The second kappa shape index (κ2) is 8.22. The molecule has 1 aliphatic heterocycles. The number of nitrogens with one attached hydrogen (secondary N) is 1. The number of para-hydroxylation sites is 2. The van der Waals surface area contributed by atoms with Gasteiger partial charge in [-0.2, -0.15) is 0 Å². The number of nitrogens with zero attached hydrogens (tertiary/aromatic N) is 2. The number of carbonyl (C=O) groups is 2. The summed E-state index contributed by atoms with van der Waals surface area (Å²) in [4.78, 5) is 30.5. The van der Waals surface area contributed by atoms with Gasteiger partial charge < -0.3 is 10.1 Å². The third-order valence-electron chi connectivity index (χ3n) is 3.96. The Hall–Kier alpha value is -2.87. The number of aliphatic imine (C=N–C) groups is 1. The number of halogens is 1. The van der Waals surface area contributed by atoms with Crippen LogP contribution in [0.3, 0.4) is 0 Å². The van der Waals surface area contributed by atoms with Crippen LogP contribution in [0.5, 0.6) is 5.75 Å². The van der Waals surface area contributed by atoms with Crippen LogP contribution in [0.4, 0.5) is 15.8 Å². The largest absolute Gasteiger partial charge is 0.495 e. The van der Waals surface area contributed by atoms with Crippen LogP contribution >= 0.6 is 11.8 Å². The number of rotatable bonds is 4. The summed E-state index contributed by atoms with van der Waals surface area (Å²) in [5.74, 6) is -0.568. The zero-order valence-corrected chi connectivity index (χ0v) is 15.6. The number of carbonyl (C=O) groups excluding carboxylic acids is 2. The quantitative estimate of drug-likeness (QED) is 0.495. The summed E-state index contributed by atoms with van der Waals surface area (Å²) in [6, 6.07) is 12.8. The Kier molecular flexibility index (Phi) is 5.75. The standard InChI is InChI=1S/C19H18FN3O3S/c1-21-19(22-13-7-5-6-12(20)10-13)27-16-11-17(24)23(18(16)25)14-8-3-4-9-15(14)26-2/h3-10,16H,11H2,1-2H3,(H,21,22)/t16-/m0/s1. The Labute approximate surface area is 160 Å². The predicted octanol–water partition coefficient (Wildman–Crippen LogP) is 3.30. The highest BCUT2D eigenvalue weighted by Gasteiger charge is 2.41. The normalized spacial score (nSPS) is 17.4. The predicted molar refractivity (Wildman–Crippen MR) is 105 cm³/mol. The van der Waals surface area contributed by atoms with E-state index in [-0.39, 0.29) is 24.1 Å². The van der Waals surface area contributed by atoms with Gasteiger partial charge in [0.25, 0.3) is 0 Å². The molecule has 0 aromatic heterocycles. The molecule has 0 bridgehead atoms. The number of amidine groups is 1. The van der Waals surface area contributed by atoms with Gasteiger partial charge in [-0.25, -0.2) is 9.29 Å². The van der Waals surface area contributed by atoms with Crippen LogP contribution in [0.1, 0.15) is 6.42 Å². The lowest BCUT2D eigenvalue weighted by atomic mass is 10.2. The van der Waals surface area contributed by atoms with Crippen molar-refractivity contribution < 1.29 is 18.7 Å². The van der Waals surface area contributed by atoms with E-state index in [0.717, 1.165) is 16.7 Å². The summed E-state index contributed by atoms with van der Waals surface area (Å²) < 4.78 is 18.6. The number of hydrogen-bond acceptors (Lipinski definition) is 5. The molecule has 1 atom stereocenters. The molecule has 1 aliphatic rings. The fourth-order valence-electron chi connectivity index (χ4n) is 2.73. The van der Waals surface area contributed by atoms with E-state index in [0.29, 0.717) is 22.3 Å². The summed E-state index contributed by atoms with van der Waals surface area (Å²) in [7, 11) is 3.05. The van der Waals surface area contributed by atoms with Crippen molar-refractivity contribution in [3.8, 4) is 5.75 Å². The van der Waals surface area contributed by atoms with E-state index in [1.54, 1.807) is 43.4 Å². The lowest BCUT2D eigenvalue weighted by molar-refractivity contribution is -0.121. The molecule has 0 spiro atoms. The molecule has 0 aliphatic carbocycles. The highest BCUT2D eigenvalue weighted by Crippen LogP contribution is 2.35. The second-order valence-electron chi connectivity index (χ2n) is 5.71. The molecular weight excluding hydrogens is 369 g/mol. The lowest BCUT2D eigenvalue weighted by Gasteiger charge is -2.18. The van der Waals surface area contributed by atoms with Gasteiger partial charge in [-0.1, -0.05) is 30.0 Å². The number of imide groups is 1. The van der Waals surface area contributed by atoms with Crippen molar-refractivity contribution >= 4 is 40.1 Å². The van der Waals surface area contributed by atoms with E-state index in [9.17, 15) is 14.0 Å². The Bertz CT molecular complexity index is 903. The third kappa shape index (κ3) is 4.11. The van der Waals surface area contributed by atoms with Crippen molar-refractivity contribution in [3.63, 3.8) is 0 Å². The molecule has 0 radical (unpaired) electrons. The van der Waals surface area contributed by atoms with Gasteiger partial charge in [0.05, 0.1) is 12.8 Å². The first-order valence-electron chi connectivity index (χ1n) is 8.19. The van der Waals surface area contributed by atoms with E-state index in [1.807, 2.05) is 0 Å². The van der Waals surface area contributed by atoms with Crippen molar-refractivity contribution in [2.75, 3.05) is 24.4 Å². The summed E-state index contributed by atoms with van der Waals surface area (Å²) in [5.41, 5.74) is 0.938. The van der Waals surface area contributed by atoms with Gasteiger partial charge in [0.2, 0.25) is 11.8 Å². The number of amides is 2. The van der Waals surface area contributed by atoms with Crippen LogP contribution in [-0.4, -0.2) is 36.4 Å². The SMILES string of the molecule is CN=C(Nc1cccc(F)c1)S[C@H]1CC(=O)N(c2ccccc2OC)C1=O. The van der Waals surface area contributed by atoms with Crippen LogP contribution in [-0.2, 0) is 9.59 Å². The molecule has 1 N–H and O–H groups in total. The molecule has 27 heavy (non-hydrogen) atoms. The zero-order chi connectivity index (χ0) is 19.4. The number of hydrogen-bond donors (Lipinski definition) is 1. The van der Waals surface area contributed by atoms with Gasteiger partial charge in [0.1, 0.15) is 16.8 Å². The summed E-state index contributed by atoms with van der Waals surface area (Å²) in [6.45, 7) is 0. The Balaban J connectivity index is 1.76. The van der Waals surface area contributed by atoms with Gasteiger partial charge in [0, 0.05) is 19.2 Å². The first-order chi connectivity index (χ1) is 13.0. The molecule has 3 rings (SSSR count). The lowest BCUT2D eigenvalue weighted by Crippen LogP contribution is -2.32. The monoisotopic (exact) mass is 387 g/mol. The van der Waals surface area contributed by atoms with Gasteiger partial charge in [-0.3, -0.25) is 14.6 Å². The first kappa shape index (κ1) is 18.9. The molecule has 1 saturated heterocycles. The average Bonchev–Trinajstić information content (AvgIpc) is 2.94. The third-order valence-corrected chi connectivity index (χ3v) is 5.12. The smallest absolute Gasteiger partial charge is 0.248 e. The number of methoxy groups -OCH3 is 1. The van der Waals surface area contributed by atoms with Crippen molar-refractivity contribution in [2.45, 2.75) is 11.7 Å². The van der Waals surface area contributed by atoms with Gasteiger partial charge in [0.15, 0.2) is 5.17 Å². The Morgan fingerprint density at radius 3 is 2.74 bits per heavy atom. The Morgan fingerprint density at radius 1 is 1.26 bits per heavy atom. The Morgan fingerprint density at radius 2 is 2.04 bits per heavy atom. The van der Waals surface area contributed by atoms with Crippen molar-refractivity contribution in [2.24, 2.45) is 4.99 Å². The average molecular weight is 387 g/mol. The molecule has 2 aromatic carbocycles. The molecule has 1 heterocycles. The van der Waals surface area contributed by atoms with E-state index < -0.39 is 5.25 Å². The van der Waals surface area contributed by atoms with Crippen LogP contribution in [0, 0.1) is 5.82 Å². The van der Waals surface area contributed by atoms with Crippen molar-refractivity contribution in [1.82, 2.24) is 0 Å². The van der Waals surface area contributed by atoms with Crippen LogP contribution < -0.4 is 15.0 Å². The van der Waals surface area contributed by atoms with E-state index >= 15 is 0 Å². The van der Waals surface area contributed by atoms with E-state index in [1.165, 1.54) is 19.2 Å². The van der Waals surface area contributed by atoms with Crippen molar-refractivity contribution in [1.29, 1.82) is 0 Å². The summed E-state index contributed by atoms with van der Waals surface area (Å²) in [6.07, 6.45) is 0.0470. The fraction of sp³-hybridized carbons (Fsp3) is 0.211. The number of anilines is 2. The maximum Gasteiger partial charge on any atom is 0.248 e. The topological polar surface area (TPSA) is 71.0 Å². The molecule has 8 heteroatoms. The van der Waals surface area contributed by atoms with Gasteiger partial charge in [-0.15, -0.1) is 0 Å². The minimum atomic E-state index is -0.623. The highest BCUT2D eigenvalue weighted by molar-refractivity contribution is 8.15. The zero-order valence-electron chi connectivity index (χ0n) is 14.8. The van der Waals surface area contributed by atoms with E-state index in [2.05, 4.69) is 10.3 Å². The molecule has 0 saturated carbocycles. The van der Waals surface area contributed by atoms with Gasteiger partial charge >= 0.3 is 0 Å². The van der Waals surface area contributed by atoms with E-state index in [4.69, 9.17) is 4.74 Å². The summed E-state index contributed by atoms with van der Waals surface area (Å²) >= 11 is 1.14. The van der Waals surface area contributed by atoms with Crippen LogP contribution in [0.2, 0.25) is 0 Å². The molecule has 140 valence electrons. The minimum absolute atomic E-state index is 0.0470. The first-order valence-corrected chi connectivity index (χ1v) is 9.07. The number of benzene rings is 2. The fourth-order valence-corrected chi connectivity index (χ4v) is 3.71. The molecule has 1 fully saturated rings. The summed E-state index contributed by atoms with van der Waals surface area (Å²) in [5, 5.41) is 2.78. The maximum absolute atomic E-state index is 13.3. The van der Waals surface area contributed by atoms with Gasteiger partial charge in [-0.05, 0) is 30.3 Å². The molecule has 6 nitrogen and oxygen atoms in total. The van der Waals surface area contributed by atoms with Crippen LogP contribution in [0.15, 0.2) is 53.5 Å². The minimum Gasteiger partial charge on any atom is -0.495 e. The molecule has 2 amide bonds.